The van der Waals surface area contributed by atoms with Crippen molar-refractivity contribution in [2.45, 2.75) is 6.92 Å². The minimum absolute atomic E-state index is 0.0618. The van der Waals surface area contributed by atoms with Gasteiger partial charge in [0.15, 0.2) is 5.76 Å². The van der Waals surface area contributed by atoms with E-state index in [4.69, 9.17) is 9.52 Å². The molecule has 0 aliphatic heterocycles. The van der Waals surface area contributed by atoms with Crippen molar-refractivity contribution in [3.63, 3.8) is 0 Å². The van der Waals surface area contributed by atoms with E-state index >= 15 is 0 Å². The number of aryl methyl sites for hydroxylation is 1. The third kappa shape index (κ3) is 3.03. The summed E-state index contributed by atoms with van der Waals surface area (Å²) in [6, 6.07) is 11.4. The van der Waals surface area contributed by atoms with Crippen LogP contribution in [0.1, 0.15) is 16.1 Å². The van der Waals surface area contributed by atoms with Gasteiger partial charge in [-0.25, -0.2) is 0 Å². The van der Waals surface area contributed by atoms with Crippen LogP contribution in [-0.2, 0) is 0 Å². The second kappa shape index (κ2) is 5.71. The van der Waals surface area contributed by atoms with Crippen LogP contribution in [0.4, 0.5) is 0 Å². The summed E-state index contributed by atoms with van der Waals surface area (Å²) in [7, 11) is 1.63. The van der Waals surface area contributed by atoms with Gasteiger partial charge >= 0.3 is 0 Å². The number of rotatable bonds is 4. The fourth-order valence-electron chi connectivity index (χ4n) is 1.85. The molecule has 19 heavy (non-hydrogen) atoms. The lowest BCUT2D eigenvalue weighted by Gasteiger charge is -2.13. The number of aliphatic hydroxyl groups excluding tert-OH is 1. The van der Waals surface area contributed by atoms with Gasteiger partial charge in [-0.3, -0.25) is 4.79 Å². The summed E-state index contributed by atoms with van der Waals surface area (Å²) in [5.41, 5.74) is 2.09. The molecule has 4 heteroatoms. The topological polar surface area (TPSA) is 53.7 Å². The molecule has 0 spiro atoms. The van der Waals surface area contributed by atoms with Crippen molar-refractivity contribution < 1.29 is 14.3 Å². The molecule has 1 heterocycles. The van der Waals surface area contributed by atoms with E-state index < -0.39 is 0 Å². The smallest absolute Gasteiger partial charge is 0.289 e. The Bertz CT molecular complexity index is 574. The van der Waals surface area contributed by atoms with Crippen molar-refractivity contribution >= 4 is 5.91 Å². The second-order valence-corrected chi connectivity index (χ2v) is 4.48. The molecular weight excluding hydrogens is 242 g/mol. The van der Waals surface area contributed by atoms with E-state index in [0.29, 0.717) is 12.3 Å². The monoisotopic (exact) mass is 259 g/mol. The van der Waals surface area contributed by atoms with E-state index in [-0.39, 0.29) is 18.3 Å². The quantitative estimate of drug-likeness (QED) is 0.916. The van der Waals surface area contributed by atoms with Crippen molar-refractivity contribution in [1.82, 2.24) is 4.90 Å². The molecule has 2 rings (SSSR count). The van der Waals surface area contributed by atoms with Gasteiger partial charge in [0.25, 0.3) is 5.91 Å². The summed E-state index contributed by atoms with van der Waals surface area (Å²) < 4.78 is 5.58. The number of carbonyl (C=O) groups excluding carboxylic acids is 1. The third-order valence-electron chi connectivity index (χ3n) is 2.90. The Morgan fingerprint density at radius 3 is 2.79 bits per heavy atom. The van der Waals surface area contributed by atoms with Crippen molar-refractivity contribution in [2.75, 3.05) is 20.2 Å². The first-order valence-corrected chi connectivity index (χ1v) is 6.15. The van der Waals surface area contributed by atoms with Crippen LogP contribution in [0.5, 0.6) is 0 Å². The molecule has 0 aliphatic carbocycles. The van der Waals surface area contributed by atoms with Crippen molar-refractivity contribution in [3.8, 4) is 11.3 Å². The molecule has 0 fully saturated rings. The van der Waals surface area contributed by atoms with Gasteiger partial charge in [0.1, 0.15) is 5.76 Å². The van der Waals surface area contributed by atoms with Crippen LogP contribution >= 0.6 is 0 Å². The van der Waals surface area contributed by atoms with E-state index in [1.54, 1.807) is 19.2 Å². The molecule has 1 aromatic heterocycles. The van der Waals surface area contributed by atoms with Gasteiger partial charge in [-0.15, -0.1) is 0 Å². The maximum atomic E-state index is 12.0. The average molecular weight is 259 g/mol. The Hall–Kier alpha value is -2.07. The van der Waals surface area contributed by atoms with Crippen molar-refractivity contribution in [1.29, 1.82) is 0 Å². The maximum absolute atomic E-state index is 12.0. The SMILES string of the molecule is Cc1cccc(-c2ccc(C(=O)N(C)CCO)o2)c1. The van der Waals surface area contributed by atoms with Gasteiger partial charge in [0.2, 0.25) is 0 Å². The zero-order valence-corrected chi connectivity index (χ0v) is 11.1. The Kier molecular flexibility index (Phi) is 4.02. The minimum Gasteiger partial charge on any atom is -0.451 e. The van der Waals surface area contributed by atoms with Gasteiger partial charge < -0.3 is 14.4 Å². The fourth-order valence-corrected chi connectivity index (χ4v) is 1.85. The molecule has 0 saturated heterocycles. The zero-order valence-electron chi connectivity index (χ0n) is 11.1. The Morgan fingerprint density at radius 1 is 1.32 bits per heavy atom. The Labute approximate surface area is 112 Å². The van der Waals surface area contributed by atoms with Gasteiger partial charge in [-0.2, -0.15) is 0 Å². The predicted octanol–water partition coefficient (Wildman–Crippen LogP) is 2.32. The number of furan rings is 1. The van der Waals surface area contributed by atoms with Crippen LogP contribution in [0.2, 0.25) is 0 Å². The lowest BCUT2D eigenvalue weighted by atomic mass is 10.1. The highest BCUT2D eigenvalue weighted by Crippen LogP contribution is 2.23. The lowest BCUT2D eigenvalue weighted by molar-refractivity contribution is 0.0736. The molecule has 100 valence electrons. The number of hydrogen-bond acceptors (Lipinski definition) is 3. The molecule has 4 nitrogen and oxygen atoms in total. The van der Waals surface area contributed by atoms with E-state index in [1.807, 2.05) is 31.2 Å². The normalized spacial score (nSPS) is 10.5. The first-order valence-electron chi connectivity index (χ1n) is 6.15. The highest BCUT2D eigenvalue weighted by molar-refractivity contribution is 5.91. The molecular formula is C15H17NO3. The first kappa shape index (κ1) is 13.4. The number of hydrogen-bond donors (Lipinski definition) is 1. The first-order chi connectivity index (χ1) is 9.11. The lowest BCUT2D eigenvalue weighted by Crippen LogP contribution is -2.29. The molecule has 2 aromatic rings. The molecule has 1 amide bonds. The van der Waals surface area contributed by atoms with E-state index in [1.165, 1.54) is 4.90 Å². The molecule has 1 aromatic carbocycles. The third-order valence-corrected chi connectivity index (χ3v) is 2.90. The van der Waals surface area contributed by atoms with Crippen LogP contribution < -0.4 is 0 Å². The van der Waals surface area contributed by atoms with Crippen LogP contribution in [0.15, 0.2) is 40.8 Å². The number of carbonyl (C=O) groups is 1. The molecule has 1 N–H and O–H groups in total. The summed E-state index contributed by atoms with van der Waals surface area (Å²) in [6.07, 6.45) is 0. The maximum Gasteiger partial charge on any atom is 0.289 e. The predicted molar refractivity (Wildman–Crippen MR) is 72.9 cm³/mol. The molecule has 0 radical (unpaired) electrons. The largest absolute Gasteiger partial charge is 0.451 e. The van der Waals surface area contributed by atoms with Crippen molar-refractivity contribution in [3.05, 3.63) is 47.7 Å². The minimum atomic E-state index is -0.229. The number of nitrogens with zero attached hydrogens (tertiary/aromatic N) is 1. The summed E-state index contributed by atoms with van der Waals surface area (Å²) in [6.45, 7) is 2.24. The van der Waals surface area contributed by atoms with Crippen LogP contribution in [0.3, 0.4) is 0 Å². The van der Waals surface area contributed by atoms with E-state index in [0.717, 1.165) is 11.1 Å². The summed E-state index contributed by atoms with van der Waals surface area (Å²) >= 11 is 0. The van der Waals surface area contributed by atoms with Crippen LogP contribution in [-0.4, -0.2) is 36.1 Å². The van der Waals surface area contributed by atoms with E-state index in [2.05, 4.69) is 0 Å². The number of amides is 1. The molecule has 0 unspecified atom stereocenters. The highest BCUT2D eigenvalue weighted by Gasteiger charge is 2.16. The summed E-state index contributed by atoms with van der Waals surface area (Å²) in [5.74, 6) is 0.727. The van der Waals surface area contributed by atoms with Crippen molar-refractivity contribution in [2.24, 2.45) is 0 Å². The summed E-state index contributed by atoms with van der Waals surface area (Å²) in [4.78, 5) is 13.4. The van der Waals surface area contributed by atoms with Gasteiger partial charge in [0, 0.05) is 19.2 Å². The molecule has 0 aliphatic rings. The fraction of sp³-hybridized carbons (Fsp3) is 0.267. The second-order valence-electron chi connectivity index (χ2n) is 4.48. The number of likely N-dealkylation sites (N-methyl/N-ethyl adjacent to an activating group) is 1. The Morgan fingerprint density at radius 2 is 2.11 bits per heavy atom. The molecule has 0 bridgehead atoms. The van der Waals surface area contributed by atoms with E-state index in [9.17, 15) is 4.79 Å². The summed E-state index contributed by atoms with van der Waals surface area (Å²) in [5, 5.41) is 8.82. The van der Waals surface area contributed by atoms with Gasteiger partial charge in [-0.1, -0.05) is 23.8 Å². The number of benzene rings is 1. The van der Waals surface area contributed by atoms with Gasteiger partial charge in [-0.05, 0) is 25.1 Å². The molecule has 0 atom stereocenters. The van der Waals surface area contributed by atoms with Crippen LogP contribution in [0.25, 0.3) is 11.3 Å². The number of aliphatic hydroxyl groups is 1. The average Bonchev–Trinajstić information content (AvgIpc) is 2.87. The Balaban J connectivity index is 2.22. The van der Waals surface area contributed by atoms with Crippen LogP contribution in [0, 0.1) is 6.92 Å². The molecule has 0 saturated carbocycles. The zero-order chi connectivity index (χ0) is 13.8. The van der Waals surface area contributed by atoms with Gasteiger partial charge in [0.05, 0.1) is 6.61 Å². The standard InChI is InChI=1S/C15H17NO3/c1-11-4-3-5-12(10-11)13-6-7-14(19-13)15(18)16(2)8-9-17/h3-7,10,17H,8-9H2,1-2H3. The highest BCUT2D eigenvalue weighted by atomic mass is 16.4.